The summed E-state index contributed by atoms with van der Waals surface area (Å²) in [7, 11) is 0. The highest BCUT2D eigenvalue weighted by Crippen LogP contribution is 2.22. The van der Waals surface area contributed by atoms with E-state index < -0.39 is 126 Å². The summed E-state index contributed by atoms with van der Waals surface area (Å²) in [6.07, 6.45) is 4.73. The Morgan fingerprint density at radius 2 is 0.851 bits per heavy atom. The fourth-order valence-electron chi connectivity index (χ4n) is 8.95. The second kappa shape index (κ2) is 34.4. The number of aliphatic carboxylic acids is 2. The van der Waals surface area contributed by atoms with Crippen molar-refractivity contribution in [3.8, 4) is 0 Å². The highest BCUT2D eigenvalue weighted by atomic mass is 16.4. The molecule has 1 aliphatic heterocycles. The number of imide groups is 1. The van der Waals surface area contributed by atoms with Crippen LogP contribution in [0, 0.1) is 35.5 Å². The molecule has 0 spiro atoms. The summed E-state index contributed by atoms with van der Waals surface area (Å²) in [6, 6.07) is -11.2. The van der Waals surface area contributed by atoms with Crippen molar-refractivity contribution in [3.63, 3.8) is 0 Å². The molecular weight excluding hydrogens is 955 g/mol. The molecule has 0 aromatic carbocycles. The number of carbonyl (C=O) groups is 10. The largest absolute Gasteiger partial charge is 0.481 e. The molecular formula is C54H95N7O13. The molecule has 424 valence electrons. The van der Waals surface area contributed by atoms with Gasteiger partial charge in [-0.1, -0.05) is 147 Å². The van der Waals surface area contributed by atoms with E-state index in [0.29, 0.717) is 17.2 Å². The van der Waals surface area contributed by atoms with Crippen molar-refractivity contribution in [2.75, 3.05) is 0 Å². The minimum Gasteiger partial charge on any atom is -0.481 e. The van der Waals surface area contributed by atoms with Crippen LogP contribution in [0.1, 0.15) is 199 Å². The smallest absolute Gasteiger partial charge is 0.306 e. The van der Waals surface area contributed by atoms with E-state index in [1.165, 1.54) is 6.42 Å². The predicted octanol–water partition coefficient (Wildman–Crippen LogP) is 5.12. The summed E-state index contributed by atoms with van der Waals surface area (Å²) in [5.74, 6) is -12.2. The summed E-state index contributed by atoms with van der Waals surface area (Å²) >= 11 is 0. The van der Waals surface area contributed by atoms with Crippen molar-refractivity contribution in [1.82, 2.24) is 36.8 Å². The Morgan fingerprint density at radius 1 is 0.486 bits per heavy atom. The number of nitrogens with one attached hydrogen (secondary N) is 6. The zero-order chi connectivity index (χ0) is 56.4. The van der Waals surface area contributed by atoms with Crippen LogP contribution in [-0.4, -0.2) is 128 Å². The van der Waals surface area contributed by atoms with E-state index in [2.05, 4.69) is 45.7 Å². The van der Waals surface area contributed by atoms with E-state index in [9.17, 15) is 58.5 Å². The standard InChI is InChI=1S/C54H95N7O13/c1-13-35(11)23-21-19-17-15-16-18-20-22-24-43(63)61-47(42(62)30-45(66)67)53(73)59-39(27-33(7)8)50(70)56-37(25-31(3)4)48(68)55-38(26-32(5)6)49(69)58-41(29-44(64)65)51(71)57-40(28-34(9)10)52(72)60-46(54(61)74)36(12)14-2/h31-42,46-47,62H,13-30H2,1-12H3,(H,55,68)(H,56,70)(H,57,71)(H,58,69)(H,59,73)(H,60,72)(H,64,65)(H,66,67). The van der Waals surface area contributed by atoms with Crippen LogP contribution in [0.25, 0.3) is 0 Å². The number of aliphatic hydroxyl groups excluding tert-OH is 1. The first-order valence-electron chi connectivity index (χ1n) is 27.4. The maximum absolute atomic E-state index is 15.3. The molecule has 8 amide bonds. The number of hydrogen-bond donors (Lipinski definition) is 9. The average Bonchev–Trinajstić information content (AvgIpc) is 3.29. The van der Waals surface area contributed by atoms with Crippen molar-refractivity contribution in [2.24, 2.45) is 35.5 Å². The van der Waals surface area contributed by atoms with Gasteiger partial charge in [-0.3, -0.25) is 52.8 Å². The van der Waals surface area contributed by atoms with Crippen LogP contribution >= 0.6 is 0 Å². The van der Waals surface area contributed by atoms with Crippen LogP contribution in [0.4, 0.5) is 0 Å². The molecule has 10 unspecified atom stereocenters. The van der Waals surface area contributed by atoms with Gasteiger partial charge in [-0.2, -0.15) is 0 Å². The maximum atomic E-state index is 15.3. The number of hydrogen-bond acceptors (Lipinski definition) is 11. The van der Waals surface area contributed by atoms with Gasteiger partial charge in [-0.05, 0) is 67.6 Å². The third kappa shape index (κ3) is 24.9. The Morgan fingerprint density at radius 3 is 1.23 bits per heavy atom. The summed E-state index contributed by atoms with van der Waals surface area (Å²) in [4.78, 5) is 141. The van der Waals surface area contributed by atoms with Crippen LogP contribution in [0.3, 0.4) is 0 Å². The van der Waals surface area contributed by atoms with Crippen molar-refractivity contribution < 1.29 is 63.3 Å². The van der Waals surface area contributed by atoms with E-state index in [4.69, 9.17) is 0 Å². The van der Waals surface area contributed by atoms with Gasteiger partial charge >= 0.3 is 11.9 Å². The Balaban J connectivity index is 4.18. The van der Waals surface area contributed by atoms with Crippen molar-refractivity contribution in [1.29, 1.82) is 0 Å². The van der Waals surface area contributed by atoms with Gasteiger partial charge in [0.2, 0.25) is 41.4 Å². The molecule has 74 heavy (non-hydrogen) atoms. The minimum absolute atomic E-state index is 0.0186. The van der Waals surface area contributed by atoms with Crippen molar-refractivity contribution >= 4 is 59.2 Å². The van der Waals surface area contributed by atoms with Gasteiger partial charge in [0.25, 0.3) is 5.91 Å². The maximum Gasteiger partial charge on any atom is 0.306 e. The van der Waals surface area contributed by atoms with E-state index in [1.54, 1.807) is 69.2 Å². The number of rotatable bonds is 27. The number of carbonyl (C=O) groups excluding carboxylic acids is 8. The zero-order valence-electron chi connectivity index (χ0n) is 46.7. The van der Waals surface area contributed by atoms with Gasteiger partial charge in [-0.15, -0.1) is 0 Å². The fourth-order valence-corrected chi connectivity index (χ4v) is 8.95. The monoisotopic (exact) mass is 1050 g/mol. The van der Waals surface area contributed by atoms with E-state index in [1.807, 2.05) is 0 Å². The van der Waals surface area contributed by atoms with Crippen LogP contribution in [0.15, 0.2) is 0 Å². The zero-order valence-corrected chi connectivity index (χ0v) is 46.7. The van der Waals surface area contributed by atoms with Crippen molar-refractivity contribution in [3.05, 3.63) is 0 Å². The molecule has 1 saturated heterocycles. The first-order valence-corrected chi connectivity index (χ1v) is 27.4. The highest BCUT2D eigenvalue weighted by Gasteiger charge is 2.46. The molecule has 0 radical (unpaired) electrons. The molecule has 20 heteroatoms. The molecule has 0 aromatic heterocycles. The summed E-state index contributed by atoms with van der Waals surface area (Å²) in [6.45, 7) is 21.8. The third-order valence-electron chi connectivity index (χ3n) is 13.5. The summed E-state index contributed by atoms with van der Waals surface area (Å²) in [5, 5.41) is 47.2. The Bertz CT molecular complexity index is 1840. The lowest BCUT2D eigenvalue weighted by molar-refractivity contribution is -0.161. The Hall–Kier alpha value is -5.14. The van der Waals surface area contributed by atoms with Gasteiger partial charge in [-0.25, -0.2) is 0 Å². The number of carboxylic acids is 2. The quantitative estimate of drug-likeness (QED) is 0.0483. The third-order valence-corrected chi connectivity index (χ3v) is 13.5. The number of unbranched alkanes of at least 4 members (excludes halogenated alkanes) is 7. The van der Waals surface area contributed by atoms with E-state index in [0.717, 1.165) is 44.9 Å². The molecule has 0 aliphatic carbocycles. The molecule has 1 fully saturated rings. The highest BCUT2D eigenvalue weighted by molar-refractivity contribution is 6.05. The first kappa shape index (κ1) is 66.9. The molecule has 10 atom stereocenters. The second-order valence-electron chi connectivity index (χ2n) is 22.4. The molecule has 0 saturated carbocycles. The average molecular weight is 1050 g/mol. The molecule has 1 heterocycles. The molecule has 9 N–H and O–H groups in total. The van der Waals surface area contributed by atoms with E-state index in [-0.39, 0.29) is 68.6 Å². The normalized spacial score (nSPS) is 23.6. The summed E-state index contributed by atoms with van der Waals surface area (Å²) in [5.41, 5.74) is 0. The van der Waals surface area contributed by atoms with Crippen LogP contribution < -0.4 is 31.9 Å². The van der Waals surface area contributed by atoms with Gasteiger partial charge in [0.1, 0.15) is 42.3 Å². The Labute approximate surface area is 440 Å². The predicted molar refractivity (Wildman–Crippen MR) is 281 cm³/mol. The van der Waals surface area contributed by atoms with Gasteiger partial charge in [0.15, 0.2) is 0 Å². The SMILES string of the molecule is CCC(C)CCCCCCCCCCC(=O)N1C(=O)C(C(C)CC)NC(=O)C(CC(C)C)NC(=O)C(CC(=O)O)NC(=O)C(CC(C)C)NC(=O)C(CC(C)C)NC(=O)C(CC(C)C)NC(=O)C1C(O)CC(=O)O. The molecule has 20 nitrogen and oxygen atoms in total. The lowest BCUT2D eigenvalue weighted by Gasteiger charge is -2.37. The number of aliphatic hydroxyl groups is 1. The lowest BCUT2D eigenvalue weighted by atomic mass is 9.94. The van der Waals surface area contributed by atoms with E-state index >= 15 is 4.79 Å². The number of amides is 8. The molecule has 1 aliphatic rings. The van der Waals surface area contributed by atoms with Crippen LogP contribution in [-0.2, 0) is 47.9 Å². The summed E-state index contributed by atoms with van der Waals surface area (Å²) < 4.78 is 0. The van der Waals surface area contributed by atoms with Crippen molar-refractivity contribution in [2.45, 2.75) is 247 Å². The number of carboxylic acid groups (broad SMARTS) is 2. The molecule has 0 aromatic rings. The van der Waals surface area contributed by atoms with Gasteiger partial charge in [0, 0.05) is 6.42 Å². The van der Waals surface area contributed by atoms with Gasteiger partial charge < -0.3 is 47.2 Å². The lowest BCUT2D eigenvalue weighted by Crippen LogP contribution is -2.65. The van der Waals surface area contributed by atoms with Crippen LogP contribution in [0.2, 0.25) is 0 Å². The molecule has 1 rings (SSSR count). The topological polar surface area (TPSA) is 307 Å². The number of nitrogens with zero attached hydrogens (tertiary/aromatic N) is 1. The Kier molecular flexibility index (Phi) is 31.1. The minimum atomic E-state index is -2.24. The molecule has 0 bridgehead atoms. The fraction of sp³-hybridized carbons (Fsp3) is 0.815. The van der Waals surface area contributed by atoms with Gasteiger partial charge in [0.05, 0.1) is 18.9 Å². The van der Waals surface area contributed by atoms with Crippen LogP contribution in [0.5, 0.6) is 0 Å². The second-order valence-corrected chi connectivity index (χ2v) is 22.4. The first-order chi connectivity index (χ1) is 34.6.